The average Bonchev–Trinajstić information content (AvgIpc) is 2.04. The summed E-state index contributed by atoms with van der Waals surface area (Å²) in [6.45, 7) is 0. The molecule has 1 aromatic rings. The topological polar surface area (TPSA) is 12.9 Å². The van der Waals surface area contributed by atoms with Gasteiger partial charge in [0, 0.05) is 6.20 Å². The van der Waals surface area contributed by atoms with Gasteiger partial charge in [-0.2, -0.15) is 13.2 Å². The van der Waals surface area contributed by atoms with Crippen molar-refractivity contribution in [3.05, 3.63) is 29.6 Å². The van der Waals surface area contributed by atoms with E-state index in [4.69, 9.17) is 6.42 Å². The lowest BCUT2D eigenvalue weighted by Gasteiger charge is -2.06. The molecule has 0 aliphatic heterocycles. The lowest BCUT2D eigenvalue weighted by atomic mass is 10.2. The van der Waals surface area contributed by atoms with Crippen molar-refractivity contribution in [1.29, 1.82) is 0 Å². The summed E-state index contributed by atoms with van der Waals surface area (Å²) in [7, 11) is 0. The molecule has 1 heterocycles. The molecule has 0 amide bonds. The van der Waals surface area contributed by atoms with Gasteiger partial charge in [-0.25, -0.2) is 0 Å². The molecule has 0 saturated carbocycles. The summed E-state index contributed by atoms with van der Waals surface area (Å²) in [5, 5.41) is 0. The standard InChI is InChI=1S/C9H6F3N/c1-2-3-8-6-7(4-5-13-8)9(10,11)12/h1,4-6H,3H2. The number of hydrogen-bond acceptors (Lipinski definition) is 1. The molecule has 0 aliphatic rings. The first-order valence-electron chi connectivity index (χ1n) is 3.49. The Morgan fingerprint density at radius 2 is 2.15 bits per heavy atom. The third-order valence-electron chi connectivity index (χ3n) is 1.43. The number of pyridine rings is 1. The molecule has 0 bridgehead atoms. The first-order valence-corrected chi connectivity index (χ1v) is 3.49. The maximum atomic E-state index is 12.1. The largest absolute Gasteiger partial charge is 0.416 e. The third-order valence-corrected chi connectivity index (χ3v) is 1.43. The monoisotopic (exact) mass is 185 g/mol. The summed E-state index contributed by atoms with van der Waals surface area (Å²) in [5.74, 6) is 2.23. The molecule has 0 aliphatic carbocycles. The Kier molecular flexibility index (Phi) is 2.57. The Morgan fingerprint density at radius 1 is 1.46 bits per heavy atom. The quantitative estimate of drug-likeness (QED) is 0.611. The van der Waals surface area contributed by atoms with Gasteiger partial charge in [-0.05, 0) is 12.1 Å². The smallest absolute Gasteiger partial charge is 0.260 e. The maximum Gasteiger partial charge on any atom is 0.416 e. The van der Waals surface area contributed by atoms with Crippen LogP contribution in [0, 0.1) is 12.3 Å². The molecule has 13 heavy (non-hydrogen) atoms. The van der Waals surface area contributed by atoms with Crippen LogP contribution in [0.2, 0.25) is 0 Å². The van der Waals surface area contributed by atoms with Crippen LogP contribution in [0.15, 0.2) is 18.3 Å². The van der Waals surface area contributed by atoms with Crippen molar-refractivity contribution in [2.75, 3.05) is 0 Å². The van der Waals surface area contributed by atoms with Crippen molar-refractivity contribution in [3.63, 3.8) is 0 Å². The first-order chi connectivity index (χ1) is 6.04. The van der Waals surface area contributed by atoms with Crippen molar-refractivity contribution in [2.45, 2.75) is 12.6 Å². The average molecular weight is 185 g/mol. The Labute approximate surface area is 73.6 Å². The highest BCUT2D eigenvalue weighted by atomic mass is 19.4. The van der Waals surface area contributed by atoms with Crippen LogP contribution in [0.3, 0.4) is 0 Å². The van der Waals surface area contributed by atoms with Crippen molar-refractivity contribution in [3.8, 4) is 12.3 Å². The number of aromatic nitrogens is 1. The minimum absolute atomic E-state index is 0.115. The molecule has 0 radical (unpaired) electrons. The fourth-order valence-corrected chi connectivity index (χ4v) is 0.856. The lowest BCUT2D eigenvalue weighted by Crippen LogP contribution is -2.05. The van der Waals surface area contributed by atoms with Gasteiger partial charge in [-0.15, -0.1) is 12.3 Å². The predicted molar refractivity (Wildman–Crippen MR) is 41.8 cm³/mol. The van der Waals surface area contributed by atoms with E-state index in [2.05, 4.69) is 10.9 Å². The van der Waals surface area contributed by atoms with E-state index in [0.29, 0.717) is 0 Å². The molecule has 0 fully saturated rings. The molecule has 68 valence electrons. The molecule has 1 aromatic heterocycles. The van der Waals surface area contributed by atoms with E-state index in [9.17, 15) is 13.2 Å². The number of nitrogens with zero attached hydrogens (tertiary/aromatic N) is 1. The fraction of sp³-hybridized carbons (Fsp3) is 0.222. The Balaban J connectivity index is 3.00. The van der Waals surface area contributed by atoms with E-state index in [1.54, 1.807) is 0 Å². The Bertz CT molecular complexity index is 335. The third kappa shape index (κ3) is 2.48. The Hall–Kier alpha value is -1.50. The number of rotatable bonds is 1. The molecule has 0 N–H and O–H groups in total. The van der Waals surface area contributed by atoms with Gasteiger partial charge >= 0.3 is 6.18 Å². The van der Waals surface area contributed by atoms with Crippen LogP contribution in [-0.4, -0.2) is 4.98 Å². The second kappa shape index (κ2) is 3.48. The highest BCUT2D eigenvalue weighted by Crippen LogP contribution is 2.28. The summed E-state index contributed by atoms with van der Waals surface area (Å²) in [4.78, 5) is 3.70. The van der Waals surface area contributed by atoms with Gasteiger partial charge in [0.2, 0.25) is 0 Å². The molecule has 0 unspecified atom stereocenters. The van der Waals surface area contributed by atoms with Crippen LogP contribution in [0.5, 0.6) is 0 Å². The second-order valence-electron chi connectivity index (χ2n) is 2.41. The van der Waals surface area contributed by atoms with Crippen LogP contribution >= 0.6 is 0 Å². The van der Waals surface area contributed by atoms with Gasteiger partial charge < -0.3 is 0 Å². The summed E-state index contributed by atoms with van der Waals surface area (Å²) in [6.07, 6.45) is 1.84. The van der Waals surface area contributed by atoms with E-state index in [1.807, 2.05) is 0 Å². The Morgan fingerprint density at radius 3 is 2.69 bits per heavy atom. The number of alkyl halides is 3. The second-order valence-corrected chi connectivity index (χ2v) is 2.41. The van der Waals surface area contributed by atoms with Gasteiger partial charge in [0.05, 0.1) is 17.7 Å². The first kappa shape index (κ1) is 9.59. The lowest BCUT2D eigenvalue weighted by molar-refractivity contribution is -0.137. The molecule has 0 atom stereocenters. The molecule has 0 spiro atoms. The zero-order valence-corrected chi connectivity index (χ0v) is 6.60. The zero-order valence-electron chi connectivity index (χ0n) is 6.60. The molecule has 1 rings (SSSR count). The van der Waals surface area contributed by atoms with Crippen molar-refractivity contribution in [2.24, 2.45) is 0 Å². The van der Waals surface area contributed by atoms with E-state index in [1.165, 1.54) is 0 Å². The number of halogens is 3. The normalized spacial score (nSPS) is 10.9. The van der Waals surface area contributed by atoms with Gasteiger partial charge in [0.15, 0.2) is 0 Å². The van der Waals surface area contributed by atoms with Gasteiger partial charge in [0.25, 0.3) is 0 Å². The molecule has 0 aromatic carbocycles. The minimum Gasteiger partial charge on any atom is -0.260 e. The van der Waals surface area contributed by atoms with Crippen LogP contribution in [0.4, 0.5) is 13.2 Å². The van der Waals surface area contributed by atoms with E-state index in [-0.39, 0.29) is 12.1 Å². The molecular formula is C9H6F3N. The van der Waals surface area contributed by atoms with Crippen molar-refractivity contribution < 1.29 is 13.2 Å². The zero-order chi connectivity index (χ0) is 9.90. The van der Waals surface area contributed by atoms with Gasteiger partial charge in [-0.3, -0.25) is 4.98 Å². The van der Waals surface area contributed by atoms with E-state index in [0.717, 1.165) is 18.3 Å². The molecule has 4 heteroatoms. The SMILES string of the molecule is C#CCc1cc(C(F)(F)F)ccn1. The summed E-state index contributed by atoms with van der Waals surface area (Å²) >= 11 is 0. The maximum absolute atomic E-state index is 12.1. The highest BCUT2D eigenvalue weighted by molar-refractivity contribution is 5.21. The van der Waals surface area contributed by atoms with E-state index < -0.39 is 11.7 Å². The highest BCUT2D eigenvalue weighted by Gasteiger charge is 2.30. The van der Waals surface area contributed by atoms with E-state index >= 15 is 0 Å². The minimum atomic E-state index is -4.33. The van der Waals surface area contributed by atoms with Crippen molar-refractivity contribution >= 4 is 0 Å². The predicted octanol–water partition coefficient (Wildman–Crippen LogP) is 2.28. The summed E-state index contributed by atoms with van der Waals surface area (Å²) in [6, 6.07) is 1.87. The van der Waals surface area contributed by atoms with Crippen molar-refractivity contribution in [1.82, 2.24) is 4.98 Å². The number of terminal acetylenes is 1. The van der Waals surface area contributed by atoms with Crippen LogP contribution in [0.25, 0.3) is 0 Å². The summed E-state index contributed by atoms with van der Waals surface area (Å²) in [5.41, 5.74) is -0.454. The van der Waals surface area contributed by atoms with Crippen LogP contribution < -0.4 is 0 Å². The molecular weight excluding hydrogens is 179 g/mol. The van der Waals surface area contributed by atoms with Crippen LogP contribution in [0.1, 0.15) is 11.3 Å². The molecule has 0 saturated heterocycles. The molecule has 1 nitrogen and oxygen atoms in total. The van der Waals surface area contributed by atoms with Crippen LogP contribution in [-0.2, 0) is 12.6 Å². The van der Waals surface area contributed by atoms with Gasteiger partial charge in [-0.1, -0.05) is 0 Å². The summed E-state index contributed by atoms with van der Waals surface area (Å²) < 4.78 is 36.4. The van der Waals surface area contributed by atoms with Gasteiger partial charge in [0.1, 0.15) is 0 Å². The number of hydrogen-bond donors (Lipinski definition) is 0. The fourth-order valence-electron chi connectivity index (χ4n) is 0.856.